The molecule has 0 radical (unpaired) electrons. The van der Waals surface area contributed by atoms with E-state index in [1.807, 2.05) is 6.20 Å². The Morgan fingerprint density at radius 1 is 0.540 bits per heavy atom. The molecule has 0 unspecified atom stereocenters. The summed E-state index contributed by atoms with van der Waals surface area (Å²) >= 11 is 0. The fourth-order valence-electron chi connectivity index (χ4n) is 9.37. The van der Waals surface area contributed by atoms with Gasteiger partial charge in [-0.25, -0.2) is 4.98 Å². The van der Waals surface area contributed by atoms with Crippen molar-refractivity contribution in [3.05, 3.63) is 218 Å². The van der Waals surface area contributed by atoms with E-state index in [-0.39, 0.29) is 21.1 Å². The van der Waals surface area contributed by atoms with Gasteiger partial charge in [-0.05, 0) is 94.1 Å². The largest absolute Gasteiger partial charge is 2.00 e. The standard InChI is InChI=1S/C57H43N5.Pt/c1-39-17-14-18-40(2)57(39)61(45-24-15-23-44(36-45)60-38-59(3)52-29-12-13-30-53(52)60)46-31-32-50-49-25-10-11-28-51(49)62(54(50)37-46)55-35-43(33-34-58-55)56-47(41-19-6-4-7-20-41)26-16-27-48(56)42-21-8-5-9-22-42;/h4-35H,38H2,1-3H3;/q-2;+2. The smallest absolute Gasteiger partial charge is 0.358 e. The van der Waals surface area contributed by atoms with Crippen LogP contribution in [-0.4, -0.2) is 23.3 Å². The Morgan fingerprint density at radius 3 is 1.89 bits per heavy atom. The summed E-state index contributed by atoms with van der Waals surface area (Å²) in [5, 5.41) is 2.26. The molecule has 0 saturated carbocycles. The molecule has 8 aromatic carbocycles. The van der Waals surface area contributed by atoms with Crippen LogP contribution in [0.1, 0.15) is 11.1 Å². The molecule has 3 heterocycles. The Balaban J connectivity index is 0.00000471. The molecule has 2 aromatic heterocycles. The summed E-state index contributed by atoms with van der Waals surface area (Å²) in [7, 11) is 2.14. The van der Waals surface area contributed by atoms with Crippen LogP contribution < -0.4 is 14.7 Å². The fourth-order valence-corrected chi connectivity index (χ4v) is 9.37. The van der Waals surface area contributed by atoms with E-state index in [1.54, 1.807) is 0 Å². The maximum atomic E-state index is 5.13. The first kappa shape index (κ1) is 39.9. The zero-order chi connectivity index (χ0) is 41.7. The Kier molecular flexibility index (Phi) is 10.5. The predicted octanol–water partition coefficient (Wildman–Crippen LogP) is 14.4. The normalized spacial score (nSPS) is 12.1. The summed E-state index contributed by atoms with van der Waals surface area (Å²) in [6.45, 7) is 5.12. The number of aryl methyl sites for hydroxylation is 2. The van der Waals surface area contributed by atoms with E-state index in [9.17, 15) is 0 Å². The fraction of sp³-hybridized carbons (Fsp3) is 0.0702. The van der Waals surface area contributed by atoms with Crippen molar-refractivity contribution < 1.29 is 21.1 Å². The second-order valence-corrected chi connectivity index (χ2v) is 16.1. The van der Waals surface area contributed by atoms with Crippen molar-refractivity contribution in [1.82, 2.24) is 9.55 Å². The first-order chi connectivity index (χ1) is 30.5. The average Bonchev–Trinajstić information content (AvgIpc) is 3.84. The summed E-state index contributed by atoms with van der Waals surface area (Å²) in [6, 6.07) is 74.8. The molecule has 5 nitrogen and oxygen atoms in total. The van der Waals surface area contributed by atoms with Gasteiger partial charge in [-0.15, -0.1) is 35.7 Å². The van der Waals surface area contributed by atoms with Crippen LogP contribution in [0.4, 0.5) is 34.1 Å². The summed E-state index contributed by atoms with van der Waals surface area (Å²) in [5.74, 6) is 0.827. The summed E-state index contributed by atoms with van der Waals surface area (Å²) < 4.78 is 2.28. The van der Waals surface area contributed by atoms with E-state index >= 15 is 0 Å². The first-order valence-electron chi connectivity index (χ1n) is 21.1. The van der Waals surface area contributed by atoms with Gasteiger partial charge >= 0.3 is 21.1 Å². The number of nitrogens with zero attached hydrogens (tertiary/aromatic N) is 5. The molecule has 1 aliphatic rings. The number of rotatable bonds is 8. The second-order valence-electron chi connectivity index (χ2n) is 16.1. The minimum Gasteiger partial charge on any atom is -0.358 e. The molecule has 0 fully saturated rings. The van der Waals surface area contributed by atoms with Gasteiger partial charge in [0, 0.05) is 24.4 Å². The monoisotopic (exact) mass is 992 g/mol. The molecule has 11 rings (SSSR count). The zero-order valence-corrected chi connectivity index (χ0v) is 37.5. The van der Waals surface area contributed by atoms with Gasteiger partial charge in [0.15, 0.2) is 0 Å². The molecule has 1 aliphatic heterocycles. The van der Waals surface area contributed by atoms with E-state index in [1.165, 1.54) is 50.3 Å². The molecule has 0 amide bonds. The molecule has 63 heavy (non-hydrogen) atoms. The molecular weight excluding hydrogens is 950 g/mol. The van der Waals surface area contributed by atoms with Gasteiger partial charge in [0.05, 0.1) is 18.0 Å². The predicted molar refractivity (Wildman–Crippen MR) is 259 cm³/mol. The molecule has 0 aliphatic carbocycles. The number of aromatic nitrogens is 2. The summed E-state index contributed by atoms with van der Waals surface area (Å²) in [6.07, 6.45) is 1.95. The number of pyridine rings is 1. The van der Waals surface area contributed by atoms with Crippen molar-refractivity contribution in [2.24, 2.45) is 0 Å². The number of hydrogen-bond acceptors (Lipinski definition) is 4. The van der Waals surface area contributed by atoms with E-state index < -0.39 is 0 Å². The average molecular weight is 993 g/mol. The topological polar surface area (TPSA) is 27.5 Å². The third-order valence-electron chi connectivity index (χ3n) is 12.2. The van der Waals surface area contributed by atoms with Gasteiger partial charge in [0.2, 0.25) is 0 Å². The van der Waals surface area contributed by atoms with Crippen molar-refractivity contribution in [3.63, 3.8) is 0 Å². The number of para-hydroxylation sites is 4. The van der Waals surface area contributed by atoms with Crippen molar-refractivity contribution in [2.45, 2.75) is 13.8 Å². The van der Waals surface area contributed by atoms with Gasteiger partial charge in [-0.2, -0.15) is 12.1 Å². The van der Waals surface area contributed by atoms with Gasteiger partial charge in [0.25, 0.3) is 0 Å². The van der Waals surface area contributed by atoms with Crippen LogP contribution in [0.3, 0.4) is 0 Å². The van der Waals surface area contributed by atoms with Crippen LogP contribution >= 0.6 is 0 Å². The van der Waals surface area contributed by atoms with E-state index in [0.717, 1.165) is 62.6 Å². The van der Waals surface area contributed by atoms with E-state index in [2.05, 4.69) is 240 Å². The number of hydrogen-bond donors (Lipinski definition) is 0. The van der Waals surface area contributed by atoms with Gasteiger partial charge in [-0.3, -0.25) is 0 Å². The van der Waals surface area contributed by atoms with Gasteiger partial charge in [-0.1, -0.05) is 150 Å². The Hall–Kier alpha value is -7.20. The van der Waals surface area contributed by atoms with E-state index in [0.29, 0.717) is 0 Å². The van der Waals surface area contributed by atoms with E-state index in [4.69, 9.17) is 4.98 Å². The molecule has 0 spiro atoms. The molecule has 0 saturated heterocycles. The maximum absolute atomic E-state index is 5.13. The molecule has 0 N–H and O–H groups in total. The zero-order valence-electron chi connectivity index (χ0n) is 35.2. The van der Waals surface area contributed by atoms with Gasteiger partial charge < -0.3 is 19.3 Å². The van der Waals surface area contributed by atoms with Crippen LogP contribution in [0.25, 0.3) is 61.0 Å². The van der Waals surface area contributed by atoms with Gasteiger partial charge in [0.1, 0.15) is 5.82 Å². The molecule has 6 heteroatoms. The van der Waals surface area contributed by atoms with Crippen molar-refractivity contribution >= 4 is 55.9 Å². The van der Waals surface area contributed by atoms with Crippen molar-refractivity contribution in [1.29, 1.82) is 0 Å². The van der Waals surface area contributed by atoms with Crippen molar-refractivity contribution in [2.75, 3.05) is 28.4 Å². The van der Waals surface area contributed by atoms with Crippen LogP contribution in [0.2, 0.25) is 0 Å². The maximum Gasteiger partial charge on any atom is 2.00 e. The van der Waals surface area contributed by atoms with Crippen molar-refractivity contribution in [3.8, 4) is 39.2 Å². The Labute approximate surface area is 383 Å². The third-order valence-corrected chi connectivity index (χ3v) is 12.2. The van der Waals surface area contributed by atoms with Crippen LogP contribution in [0, 0.1) is 26.0 Å². The van der Waals surface area contributed by atoms with Crippen LogP contribution in [0.15, 0.2) is 194 Å². The SMILES string of the molecule is Cc1cccc(C)c1N(c1[c-]c(N2CN(C)c3ccccc32)ccc1)c1[c-]c2c(cc1)c1ccccc1n2-c1cc(-c2c(-c3ccccc3)cccc2-c2ccccc2)ccn1.[Pt+2]. The number of anilines is 6. The summed E-state index contributed by atoms with van der Waals surface area (Å²) in [5.41, 5.74) is 17.7. The molecule has 0 atom stereocenters. The first-order valence-corrected chi connectivity index (χ1v) is 21.1. The Morgan fingerprint density at radius 2 is 1.16 bits per heavy atom. The number of benzene rings is 8. The van der Waals surface area contributed by atoms with Crippen LogP contribution in [0.5, 0.6) is 0 Å². The second kappa shape index (κ2) is 16.6. The quantitative estimate of drug-likeness (QED) is 0.142. The molecule has 306 valence electrons. The third kappa shape index (κ3) is 6.99. The minimum atomic E-state index is 0. The minimum absolute atomic E-state index is 0. The Bertz CT molecular complexity index is 3210. The summed E-state index contributed by atoms with van der Waals surface area (Å²) in [4.78, 5) is 12.1. The molecule has 10 aromatic rings. The number of fused-ring (bicyclic) bond motifs is 4. The molecular formula is C57H43N5Pt. The van der Waals surface area contributed by atoms with Crippen LogP contribution in [-0.2, 0) is 21.1 Å². The molecule has 0 bridgehead atoms.